The first-order chi connectivity index (χ1) is 8.20. The third-order valence-electron chi connectivity index (χ3n) is 3.63. The van der Waals surface area contributed by atoms with Crippen molar-refractivity contribution >= 4 is 14.3 Å². The monoisotopic (exact) mass is 274 g/mol. The summed E-state index contributed by atoms with van der Waals surface area (Å²) >= 11 is 0. The Balaban J connectivity index is 3.77. The van der Waals surface area contributed by atoms with Crippen LogP contribution in [-0.4, -0.2) is 14.3 Å². The van der Waals surface area contributed by atoms with Gasteiger partial charge in [-0.15, -0.1) is 0 Å². The highest BCUT2D eigenvalue weighted by Crippen LogP contribution is 2.36. The highest BCUT2D eigenvalue weighted by atomic mass is 28.4. The van der Waals surface area contributed by atoms with E-state index in [0.717, 1.165) is 12.8 Å². The maximum absolute atomic E-state index is 11.5. The molecule has 0 fully saturated rings. The molecule has 108 valence electrons. The summed E-state index contributed by atoms with van der Waals surface area (Å²) in [6.07, 6.45) is 6.14. The number of hydrogen-bond donors (Lipinski definition) is 0. The SMILES string of the molecule is CCCCCCCC(=O)OO[Si](C)(C)C(C)(C)C. The third kappa shape index (κ3) is 7.16. The fraction of sp³-hybridized carbons (Fsp3) is 0.929. The molecular weight excluding hydrogens is 244 g/mol. The molecule has 0 aromatic heterocycles. The van der Waals surface area contributed by atoms with Crippen molar-refractivity contribution in [2.45, 2.75) is 84.4 Å². The van der Waals surface area contributed by atoms with Gasteiger partial charge in [-0.05, 0) is 24.6 Å². The van der Waals surface area contributed by atoms with Crippen LogP contribution in [0.5, 0.6) is 0 Å². The van der Waals surface area contributed by atoms with E-state index in [2.05, 4.69) is 40.8 Å². The number of hydrogen-bond acceptors (Lipinski definition) is 3. The number of carbonyl (C=O) groups is 1. The number of carbonyl (C=O) groups excluding carboxylic acids is 1. The molecule has 18 heavy (non-hydrogen) atoms. The van der Waals surface area contributed by atoms with Crippen molar-refractivity contribution in [1.29, 1.82) is 0 Å². The zero-order chi connectivity index (χ0) is 14.2. The van der Waals surface area contributed by atoms with Crippen LogP contribution in [-0.2, 0) is 14.3 Å². The van der Waals surface area contributed by atoms with Crippen LogP contribution in [0.2, 0.25) is 18.1 Å². The Morgan fingerprint density at radius 3 is 2.11 bits per heavy atom. The summed E-state index contributed by atoms with van der Waals surface area (Å²) in [6, 6.07) is 0. The van der Waals surface area contributed by atoms with Gasteiger partial charge in [0.2, 0.25) is 0 Å². The fourth-order valence-electron chi connectivity index (χ4n) is 1.19. The van der Waals surface area contributed by atoms with E-state index in [4.69, 9.17) is 9.46 Å². The van der Waals surface area contributed by atoms with Crippen LogP contribution >= 0.6 is 0 Å². The zero-order valence-corrected chi connectivity index (χ0v) is 14.0. The Hall–Kier alpha value is -0.353. The molecular formula is C14H30O3Si. The van der Waals surface area contributed by atoms with Crippen LogP contribution in [0.3, 0.4) is 0 Å². The minimum Gasteiger partial charge on any atom is -0.310 e. The Morgan fingerprint density at radius 2 is 1.61 bits per heavy atom. The van der Waals surface area contributed by atoms with Gasteiger partial charge in [-0.1, -0.05) is 53.4 Å². The van der Waals surface area contributed by atoms with Crippen LogP contribution in [0.25, 0.3) is 0 Å². The summed E-state index contributed by atoms with van der Waals surface area (Å²) < 4.78 is 5.42. The molecule has 0 aliphatic rings. The van der Waals surface area contributed by atoms with Crippen molar-refractivity contribution in [2.75, 3.05) is 0 Å². The van der Waals surface area contributed by atoms with Gasteiger partial charge in [-0.3, -0.25) is 0 Å². The predicted molar refractivity (Wildman–Crippen MR) is 77.8 cm³/mol. The average Bonchev–Trinajstić information content (AvgIpc) is 2.24. The molecule has 0 rings (SSSR count). The molecule has 3 nitrogen and oxygen atoms in total. The van der Waals surface area contributed by atoms with E-state index in [0.29, 0.717) is 6.42 Å². The smallest absolute Gasteiger partial charge is 0.310 e. The van der Waals surface area contributed by atoms with E-state index < -0.39 is 8.32 Å². The summed E-state index contributed by atoms with van der Waals surface area (Å²) in [7, 11) is -1.97. The fourth-order valence-corrected chi connectivity index (χ4v) is 1.74. The van der Waals surface area contributed by atoms with Gasteiger partial charge < -0.3 is 4.89 Å². The molecule has 0 heterocycles. The topological polar surface area (TPSA) is 35.5 Å². The predicted octanol–water partition coefficient (Wildman–Crippen LogP) is 4.83. The molecule has 0 saturated carbocycles. The van der Waals surface area contributed by atoms with E-state index in [-0.39, 0.29) is 11.0 Å². The standard InChI is InChI=1S/C14H30O3Si/c1-7-8-9-10-11-12-13(15)16-17-18(5,6)14(2,3)4/h7-12H2,1-6H3. The van der Waals surface area contributed by atoms with Crippen molar-refractivity contribution in [1.82, 2.24) is 0 Å². The largest absolute Gasteiger partial charge is 0.340 e. The Labute approximate surface area is 113 Å². The molecule has 0 aliphatic heterocycles. The lowest BCUT2D eigenvalue weighted by atomic mass is 10.1. The van der Waals surface area contributed by atoms with E-state index in [1.54, 1.807) is 0 Å². The Bertz CT molecular complexity index is 244. The first kappa shape index (κ1) is 17.6. The van der Waals surface area contributed by atoms with Gasteiger partial charge in [0, 0.05) is 6.42 Å². The summed E-state index contributed by atoms with van der Waals surface area (Å²) in [5, 5.41) is 0.0639. The molecule has 4 heteroatoms. The molecule has 0 amide bonds. The second-order valence-electron chi connectivity index (χ2n) is 6.46. The summed E-state index contributed by atoms with van der Waals surface area (Å²) in [6.45, 7) is 12.7. The molecule has 0 N–H and O–H groups in total. The van der Waals surface area contributed by atoms with Gasteiger partial charge in [-0.2, -0.15) is 0 Å². The second-order valence-corrected chi connectivity index (χ2v) is 11.2. The lowest BCUT2D eigenvalue weighted by Crippen LogP contribution is -2.41. The van der Waals surface area contributed by atoms with Gasteiger partial charge >= 0.3 is 5.97 Å². The molecule has 0 spiro atoms. The van der Waals surface area contributed by atoms with Crippen LogP contribution in [0.4, 0.5) is 0 Å². The maximum Gasteiger partial charge on any atom is 0.340 e. The van der Waals surface area contributed by atoms with Crippen molar-refractivity contribution < 1.29 is 14.3 Å². The summed E-state index contributed by atoms with van der Waals surface area (Å²) in [4.78, 5) is 16.5. The van der Waals surface area contributed by atoms with Crippen molar-refractivity contribution in [2.24, 2.45) is 0 Å². The summed E-state index contributed by atoms with van der Waals surface area (Å²) in [5.41, 5.74) is 0. The highest BCUT2D eigenvalue weighted by molar-refractivity contribution is 6.73. The maximum atomic E-state index is 11.5. The van der Waals surface area contributed by atoms with Crippen molar-refractivity contribution in [3.63, 3.8) is 0 Å². The Morgan fingerprint density at radius 1 is 1.06 bits per heavy atom. The number of rotatable bonds is 8. The molecule has 0 aromatic rings. The molecule has 0 aliphatic carbocycles. The second kappa shape index (κ2) is 7.95. The van der Waals surface area contributed by atoms with Crippen LogP contribution in [0, 0.1) is 0 Å². The van der Waals surface area contributed by atoms with Crippen molar-refractivity contribution in [3.8, 4) is 0 Å². The molecule has 0 radical (unpaired) electrons. The van der Waals surface area contributed by atoms with Crippen LogP contribution in [0.1, 0.15) is 66.2 Å². The zero-order valence-electron chi connectivity index (χ0n) is 13.0. The highest BCUT2D eigenvalue weighted by Gasteiger charge is 2.40. The van der Waals surface area contributed by atoms with Crippen LogP contribution in [0.15, 0.2) is 0 Å². The first-order valence-electron chi connectivity index (χ1n) is 7.09. The Kier molecular flexibility index (Phi) is 7.79. The lowest BCUT2D eigenvalue weighted by Gasteiger charge is -2.33. The van der Waals surface area contributed by atoms with Gasteiger partial charge in [0.05, 0.1) is 0 Å². The van der Waals surface area contributed by atoms with Crippen molar-refractivity contribution in [3.05, 3.63) is 0 Å². The summed E-state index contributed by atoms with van der Waals surface area (Å²) in [5.74, 6) is -0.226. The third-order valence-corrected chi connectivity index (χ3v) is 7.75. The van der Waals surface area contributed by atoms with Gasteiger partial charge in [-0.25, -0.2) is 9.37 Å². The molecule has 0 bridgehead atoms. The van der Waals surface area contributed by atoms with E-state index in [9.17, 15) is 4.79 Å². The minimum atomic E-state index is -1.97. The molecule has 0 saturated heterocycles. The van der Waals surface area contributed by atoms with Gasteiger partial charge in [0.15, 0.2) is 0 Å². The lowest BCUT2D eigenvalue weighted by molar-refractivity contribution is -0.221. The average molecular weight is 274 g/mol. The van der Waals surface area contributed by atoms with Gasteiger partial charge in [0.1, 0.15) is 0 Å². The van der Waals surface area contributed by atoms with E-state index in [1.807, 2.05) is 0 Å². The molecule has 0 unspecified atom stereocenters. The van der Waals surface area contributed by atoms with Gasteiger partial charge in [0.25, 0.3) is 8.32 Å². The van der Waals surface area contributed by atoms with E-state index in [1.165, 1.54) is 19.3 Å². The molecule has 0 atom stereocenters. The first-order valence-corrected chi connectivity index (χ1v) is 10.00. The number of unbranched alkanes of at least 4 members (excludes halogenated alkanes) is 4. The minimum absolute atomic E-state index is 0.0639. The van der Waals surface area contributed by atoms with E-state index >= 15 is 0 Å². The molecule has 0 aromatic carbocycles. The quantitative estimate of drug-likeness (QED) is 0.275. The van der Waals surface area contributed by atoms with Crippen LogP contribution < -0.4 is 0 Å². The normalized spacial score (nSPS) is 12.6.